The highest BCUT2D eigenvalue weighted by Crippen LogP contribution is 2.08. The van der Waals surface area contributed by atoms with Crippen LogP contribution >= 0.6 is 0 Å². The minimum absolute atomic E-state index is 0.0369. The van der Waals surface area contributed by atoms with E-state index in [0.29, 0.717) is 19.6 Å². The molecule has 0 radical (unpaired) electrons. The number of nitrogens with two attached hydrogens (primary N) is 1. The standard InChI is InChI=1S/C13H18N4O2S/c14-9-12-2-1-3-13(8-12)10-20(18,19)16-5-7-17-6-4-15-11-17/h1-4,6,8,11,16H,5,7,9-10,14H2. The van der Waals surface area contributed by atoms with E-state index in [2.05, 4.69) is 9.71 Å². The van der Waals surface area contributed by atoms with Gasteiger partial charge in [-0.25, -0.2) is 18.1 Å². The number of hydrogen-bond acceptors (Lipinski definition) is 4. The summed E-state index contributed by atoms with van der Waals surface area (Å²) in [6.07, 6.45) is 5.10. The smallest absolute Gasteiger partial charge is 0.215 e. The quantitative estimate of drug-likeness (QED) is 0.776. The van der Waals surface area contributed by atoms with Gasteiger partial charge >= 0.3 is 0 Å². The minimum Gasteiger partial charge on any atom is -0.336 e. The lowest BCUT2D eigenvalue weighted by Gasteiger charge is -2.08. The molecule has 0 saturated carbocycles. The van der Waals surface area contributed by atoms with Crippen LogP contribution in [-0.4, -0.2) is 24.5 Å². The van der Waals surface area contributed by atoms with E-state index in [1.807, 2.05) is 22.8 Å². The molecule has 0 amide bonds. The van der Waals surface area contributed by atoms with Gasteiger partial charge < -0.3 is 10.3 Å². The molecule has 0 aliphatic heterocycles. The Labute approximate surface area is 118 Å². The molecule has 0 aliphatic carbocycles. The van der Waals surface area contributed by atoms with Crippen LogP contribution in [0.3, 0.4) is 0 Å². The van der Waals surface area contributed by atoms with Crippen LogP contribution in [0.2, 0.25) is 0 Å². The van der Waals surface area contributed by atoms with E-state index in [0.717, 1.165) is 11.1 Å². The third kappa shape index (κ3) is 4.44. The Balaban J connectivity index is 1.89. The summed E-state index contributed by atoms with van der Waals surface area (Å²) in [5, 5.41) is 0. The predicted octanol–water partition coefficient (Wildman–Crippen LogP) is 0.461. The van der Waals surface area contributed by atoms with Crippen molar-refractivity contribution < 1.29 is 8.42 Å². The summed E-state index contributed by atoms with van der Waals surface area (Å²) in [4.78, 5) is 3.90. The van der Waals surface area contributed by atoms with Crippen molar-refractivity contribution in [2.75, 3.05) is 6.54 Å². The van der Waals surface area contributed by atoms with Gasteiger partial charge in [-0.2, -0.15) is 0 Å². The van der Waals surface area contributed by atoms with E-state index in [-0.39, 0.29) is 5.75 Å². The molecule has 0 aliphatic rings. The van der Waals surface area contributed by atoms with Crippen LogP contribution in [0.4, 0.5) is 0 Å². The number of imidazole rings is 1. The molecule has 20 heavy (non-hydrogen) atoms. The number of nitrogens with zero attached hydrogens (tertiary/aromatic N) is 2. The average Bonchev–Trinajstić information content (AvgIpc) is 2.91. The zero-order valence-corrected chi connectivity index (χ0v) is 11.9. The molecule has 0 atom stereocenters. The summed E-state index contributed by atoms with van der Waals surface area (Å²) in [5.41, 5.74) is 7.21. The van der Waals surface area contributed by atoms with Gasteiger partial charge in [0.25, 0.3) is 0 Å². The number of aromatic nitrogens is 2. The van der Waals surface area contributed by atoms with Crippen molar-refractivity contribution in [2.45, 2.75) is 18.8 Å². The first-order valence-corrected chi connectivity index (χ1v) is 7.95. The highest BCUT2D eigenvalue weighted by atomic mass is 32.2. The van der Waals surface area contributed by atoms with Crippen molar-refractivity contribution in [3.63, 3.8) is 0 Å². The van der Waals surface area contributed by atoms with E-state index in [4.69, 9.17) is 5.73 Å². The zero-order chi connectivity index (χ0) is 14.4. The van der Waals surface area contributed by atoms with Crippen LogP contribution in [0.1, 0.15) is 11.1 Å². The Kier molecular flexibility index (Phi) is 4.89. The summed E-state index contributed by atoms with van der Waals surface area (Å²) in [6, 6.07) is 7.30. The molecule has 2 rings (SSSR count). The van der Waals surface area contributed by atoms with E-state index >= 15 is 0 Å². The molecule has 2 aromatic rings. The Morgan fingerprint density at radius 3 is 2.80 bits per heavy atom. The van der Waals surface area contributed by atoms with Gasteiger partial charge in [0.1, 0.15) is 0 Å². The van der Waals surface area contributed by atoms with Crippen molar-refractivity contribution in [3.8, 4) is 0 Å². The molecular formula is C13H18N4O2S. The van der Waals surface area contributed by atoms with E-state index < -0.39 is 10.0 Å². The summed E-state index contributed by atoms with van der Waals surface area (Å²) in [5.74, 6) is -0.0369. The first-order valence-electron chi connectivity index (χ1n) is 6.30. The molecule has 3 N–H and O–H groups in total. The fourth-order valence-corrected chi connectivity index (χ4v) is 2.99. The highest BCUT2D eigenvalue weighted by molar-refractivity contribution is 7.88. The molecule has 1 aromatic heterocycles. The van der Waals surface area contributed by atoms with Gasteiger partial charge in [-0.1, -0.05) is 24.3 Å². The van der Waals surface area contributed by atoms with Crippen LogP contribution in [0.5, 0.6) is 0 Å². The van der Waals surface area contributed by atoms with E-state index in [1.54, 1.807) is 24.8 Å². The topological polar surface area (TPSA) is 90.0 Å². The van der Waals surface area contributed by atoms with E-state index in [9.17, 15) is 8.42 Å². The summed E-state index contributed by atoms with van der Waals surface area (Å²) >= 11 is 0. The van der Waals surface area contributed by atoms with Gasteiger partial charge in [-0.05, 0) is 11.1 Å². The van der Waals surface area contributed by atoms with Crippen molar-refractivity contribution in [1.82, 2.24) is 14.3 Å². The third-order valence-corrected chi connectivity index (χ3v) is 4.19. The van der Waals surface area contributed by atoms with Gasteiger partial charge in [-0.15, -0.1) is 0 Å². The molecule has 1 aromatic carbocycles. The van der Waals surface area contributed by atoms with Crippen molar-refractivity contribution in [3.05, 3.63) is 54.1 Å². The second-order valence-electron chi connectivity index (χ2n) is 4.48. The van der Waals surface area contributed by atoms with Crippen LogP contribution in [-0.2, 0) is 28.9 Å². The van der Waals surface area contributed by atoms with Gasteiger partial charge in [0.05, 0.1) is 12.1 Å². The Hall–Kier alpha value is -1.70. The Morgan fingerprint density at radius 1 is 1.30 bits per heavy atom. The molecule has 108 valence electrons. The first kappa shape index (κ1) is 14.7. The number of nitrogens with one attached hydrogen (secondary N) is 1. The number of hydrogen-bond donors (Lipinski definition) is 2. The molecular weight excluding hydrogens is 276 g/mol. The summed E-state index contributed by atoms with van der Waals surface area (Å²) in [6.45, 7) is 1.30. The number of rotatable bonds is 7. The SMILES string of the molecule is NCc1cccc(CS(=O)(=O)NCCn2ccnc2)c1. The zero-order valence-electron chi connectivity index (χ0n) is 11.1. The van der Waals surface area contributed by atoms with Gasteiger partial charge in [-0.3, -0.25) is 0 Å². The third-order valence-electron chi connectivity index (χ3n) is 2.83. The fraction of sp³-hybridized carbons (Fsp3) is 0.308. The first-order chi connectivity index (χ1) is 9.59. The van der Waals surface area contributed by atoms with Crippen LogP contribution < -0.4 is 10.5 Å². The molecule has 7 heteroatoms. The van der Waals surface area contributed by atoms with Crippen molar-refractivity contribution in [2.24, 2.45) is 5.73 Å². The predicted molar refractivity (Wildman–Crippen MR) is 77.2 cm³/mol. The van der Waals surface area contributed by atoms with Crippen LogP contribution in [0.15, 0.2) is 43.0 Å². The number of benzene rings is 1. The molecule has 0 spiro atoms. The lowest BCUT2D eigenvalue weighted by atomic mass is 10.1. The van der Waals surface area contributed by atoms with Gasteiger partial charge in [0.2, 0.25) is 10.0 Å². The molecule has 0 saturated heterocycles. The Morgan fingerprint density at radius 2 is 2.10 bits per heavy atom. The summed E-state index contributed by atoms with van der Waals surface area (Å²) in [7, 11) is -3.34. The number of sulfonamides is 1. The van der Waals surface area contributed by atoms with E-state index in [1.165, 1.54) is 0 Å². The maximum absolute atomic E-state index is 12.0. The van der Waals surface area contributed by atoms with Crippen molar-refractivity contribution >= 4 is 10.0 Å². The second-order valence-corrected chi connectivity index (χ2v) is 6.28. The second kappa shape index (κ2) is 6.65. The molecule has 0 bridgehead atoms. The summed E-state index contributed by atoms with van der Waals surface area (Å²) < 4.78 is 28.3. The molecule has 1 heterocycles. The molecule has 0 fully saturated rings. The largest absolute Gasteiger partial charge is 0.336 e. The maximum Gasteiger partial charge on any atom is 0.215 e. The normalized spacial score (nSPS) is 11.7. The molecule has 0 unspecified atom stereocenters. The fourth-order valence-electron chi connectivity index (χ4n) is 1.87. The van der Waals surface area contributed by atoms with Crippen LogP contribution in [0.25, 0.3) is 0 Å². The Bertz CT molecular complexity index is 638. The van der Waals surface area contributed by atoms with Crippen molar-refractivity contribution in [1.29, 1.82) is 0 Å². The maximum atomic E-state index is 12.0. The highest BCUT2D eigenvalue weighted by Gasteiger charge is 2.11. The molecule has 6 nitrogen and oxygen atoms in total. The van der Waals surface area contributed by atoms with Crippen LogP contribution in [0, 0.1) is 0 Å². The van der Waals surface area contributed by atoms with Gasteiger partial charge in [0.15, 0.2) is 0 Å². The average molecular weight is 294 g/mol. The minimum atomic E-state index is -3.34. The lowest BCUT2D eigenvalue weighted by molar-refractivity contribution is 0.572. The lowest BCUT2D eigenvalue weighted by Crippen LogP contribution is -2.28. The monoisotopic (exact) mass is 294 g/mol. The van der Waals surface area contributed by atoms with Gasteiger partial charge in [0, 0.05) is 32.0 Å².